The average molecular weight is 250 g/mol. The first kappa shape index (κ1) is 11.5. The Hall–Kier alpha value is 0.400. The lowest BCUT2D eigenvalue weighted by Crippen LogP contribution is -2.42. The predicted molar refractivity (Wildman–Crippen MR) is 59.5 cm³/mol. The Morgan fingerprint density at radius 2 is 2.31 bits per heavy atom. The molecule has 0 aliphatic carbocycles. The Morgan fingerprint density at radius 3 is 3.00 bits per heavy atom. The summed E-state index contributed by atoms with van der Waals surface area (Å²) in [7, 11) is 0. The normalized spacial score (nSPS) is 24.9. The SMILES string of the molecule is CCC1CN(CCCCBr)CCO1. The van der Waals surface area contributed by atoms with Crippen molar-refractivity contribution in [3.63, 3.8) is 0 Å². The highest BCUT2D eigenvalue weighted by molar-refractivity contribution is 9.09. The highest BCUT2D eigenvalue weighted by Crippen LogP contribution is 2.09. The first-order chi connectivity index (χ1) is 6.36. The second kappa shape index (κ2) is 6.80. The summed E-state index contributed by atoms with van der Waals surface area (Å²) >= 11 is 3.46. The monoisotopic (exact) mass is 249 g/mol. The van der Waals surface area contributed by atoms with Gasteiger partial charge < -0.3 is 4.74 Å². The van der Waals surface area contributed by atoms with E-state index in [0.717, 1.165) is 31.4 Å². The molecule has 0 aromatic carbocycles. The van der Waals surface area contributed by atoms with Crippen molar-refractivity contribution in [2.75, 3.05) is 31.6 Å². The molecule has 3 heteroatoms. The van der Waals surface area contributed by atoms with Crippen molar-refractivity contribution >= 4 is 15.9 Å². The Labute approximate surface area is 89.8 Å². The van der Waals surface area contributed by atoms with Crippen molar-refractivity contribution in [2.24, 2.45) is 0 Å². The molecule has 0 bridgehead atoms. The molecule has 0 spiro atoms. The second-order valence-electron chi connectivity index (χ2n) is 3.60. The quantitative estimate of drug-likeness (QED) is 0.548. The van der Waals surface area contributed by atoms with E-state index in [-0.39, 0.29) is 0 Å². The van der Waals surface area contributed by atoms with Crippen LogP contribution in [-0.4, -0.2) is 42.6 Å². The van der Waals surface area contributed by atoms with Crippen LogP contribution in [0, 0.1) is 0 Å². The maximum absolute atomic E-state index is 5.61. The molecule has 0 saturated carbocycles. The van der Waals surface area contributed by atoms with E-state index in [2.05, 4.69) is 27.8 Å². The summed E-state index contributed by atoms with van der Waals surface area (Å²) in [5, 5.41) is 1.13. The molecule has 1 atom stereocenters. The van der Waals surface area contributed by atoms with Crippen molar-refractivity contribution in [1.82, 2.24) is 4.90 Å². The van der Waals surface area contributed by atoms with Gasteiger partial charge in [-0.25, -0.2) is 0 Å². The summed E-state index contributed by atoms with van der Waals surface area (Å²) in [6, 6.07) is 0. The van der Waals surface area contributed by atoms with E-state index in [1.807, 2.05) is 0 Å². The number of ether oxygens (including phenoxy) is 1. The van der Waals surface area contributed by atoms with E-state index in [9.17, 15) is 0 Å². The number of morpholine rings is 1. The Kier molecular flexibility index (Phi) is 6.00. The minimum atomic E-state index is 0.484. The summed E-state index contributed by atoms with van der Waals surface area (Å²) in [4.78, 5) is 2.53. The van der Waals surface area contributed by atoms with Gasteiger partial charge in [0, 0.05) is 18.4 Å². The molecule has 0 radical (unpaired) electrons. The molecule has 1 saturated heterocycles. The van der Waals surface area contributed by atoms with E-state index in [1.165, 1.54) is 19.4 Å². The lowest BCUT2D eigenvalue weighted by Gasteiger charge is -2.32. The second-order valence-corrected chi connectivity index (χ2v) is 4.39. The third-order valence-electron chi connectivity index (χ3n) is 2.54. The molecule has 0 aromatic rings. The van der Waals surface area contributed by atoms with Crippen molar-refractivity contribution in [1.29, 1.82) is 0 Å². The van der Waals surface area contributed by atoms with Gasteiger partial charge >= 0.3 is 0 Å². The largest absolute Gasteiger partial charge is 0.376 e. The summed E-state index contributed by atoms with van der Waals surface area (Å²) in [6.45, 7) is 6.63. The van der Waals surface area contributed by atoms with Crippen LogP contribution in [0.15, 0.2) is 0 Å². The lowest BCUT2D eigenvalue weighted by atomic mass is 10.2. The zero-order valence-electron chi connectivity index (χ0n) is 8.47. The molecule has 0 amide bonds. The highest BCUT2D eigenvalue weighted by Gasteiger charge is 2.17. The number of hydrogen-bond donors (Lipinski definition) is 0. The molecular weight excluding hydrogens is 230 g/mol. The van der Waals surface area contributed by atoms with E-state index in [1.54, 1.807) is 0 Å². The fraction of sp³-hybridized carbons (Fsp3) is 1.00. The molecule has 1 heterocycles. The molecule has 78 valence electrons. The first-order valence-electron chi connectivity index (χ1n) is 5.26. The Bertz CT molecular complexity index is 132. The summed E-state index contributed by atoms with van der Waals surface area (Å²) in [5.74, 6) is 0. The van der Waals surface area contributed by atoms with Gasteiger partial charge in [-0.1, -0.05) is 22.9 Å². The number of unbranched alkanes of at least 4 members (excludes halogenated alkanes) is 1. The van der Waals surface area contributed by atoms with Gasteiger partial charge in [-0.05, 0) is 25.8 Å². The molecule has 2 nitrogen and oxygen atoms in total. The van der Waals surface area contributed by atoms with Crippen LogP contribution in [0.25, 0.3) is 0 Å². The average Bonchev–Trinajstić information content (AvgIpc) is 2.19. The summed E-state index contributed by atoms with van der Waals surface area (Å²) in [6.07, 6.45) is 4.22. The van der Waals surface area contributed by atoms with Crippen molar-refractivity contribution in [3.05, 3.63) is 0 Å². The minimum Gasteiger partial charge on any atom is -0.376 e. The van der Waals surface area contributed by atoms with Crippen molar-refractivity contribution in [2.45, 2.75) is 32.3 Å². The smallest absolute Gasteiger partial charge is 0.0700 e. The van der Waals surface area contributed by atoms with E-state index < -0.39 is 0 Å². The summed E-state index contributed by atoms with van der Waals surface area (Å²) in [5.41, 5.74) is 0. The first-order valence-corrected chi connectivity index (χ1v) is 6.39. The Balaban J connectivity index is 2.11. The molecule has 1 aliphatic rings. The van der Waals surface area contributed by atoms with E-state index >= 15 is 0 Å². The standard InChI is InChI=1S/C10H20BrNO/c1-2-10-9-12(7-8-13-10)6-4-3-5-11/h10H,2-9H2,1H3. The van der Waals surface area contributed by atoms with Crippen LogP contribution < -0.4 is 0 Å². The minimum absolute atomic E-state index is 0.484. The zero-order valence-corrected chi connectivity index (χ0v) is 10.1. The molecule has 13 heavy (non-hydrogen) atoms. The van der Waals surface area contributed by atoms with Crippen molar-refractivity contribution in [3.8, 4) is 0 Å². The fourth-order valence-corrected chi connectivity index (χ4v) is 2.06. The van der Waals surface area contributed by atoms with Crippen LogP contribution >= 0.6 is 15.9 Å². The van der Waals surface area contributed by atoms with Gasteiger partial charge in [0.1, 0.15) is 0 Å². The van der Waals surface area contributed by atoms with Gasteiger partial charge in [-0.15, -0.1) is 0 Å². The van der Waals surface area contributed by atoms with Crippen LogP contribution in [0.2, 0.25) is 0 Å². The number of halogens is 1. The number of nitrogens with zero attached hydrogens (tertiary/aromatic N) is 1. The predicted octanol–water partition coefficient (Wildman–Crippen LogP) is 2.27. The molecule has 1 rings (SSSR count). The third kappa shape index (κ3) is 4.43. The fourth-order valence-electron chi connectivity index (χ4n) is 1.66. The van der Waals surface area contributed by atoms with Crippen LogP contribution in [-0.2, 0) is 4.74 Å². The number of rotatable bonds is 5. The maximum Gasteiger partial charge on any atom is 0.0700 e. The third-order valence-corrected chi connectivity index (χ3v) is 3.10. The molecular formula is C10H20BrNO. The van der Waals surface area contributed by atoms with E-state index in [4.69, 9.17) is 4.74 Å². The molecule has 1 aliphatic heterocycles. The highest BCUT2D eigenvalue weighted by atomic mass is 79.9. The maximum atomic E-state index is 5.61. The van der Waals surface area contributed by atoms with Gasteiger partial charge in [0.2, 0.25) is 0 Å². The number of hydrogen-bond acceptors (Lipinski definition) is 2. The Morgan fingerprint density at radius 1 is 1.46 bits per heavy atom. The van der Waals surface area contributed by atoms with Crippen LogP contribution in [0.1, 0.15) is 26.2 Å². The number of alkyl halides is 1. The molecule has 1 unspecified atom stereocenters. The van der Waals surface area contributed by atoms with E-state index in [0.29, 0.717) is 6.10 Å². The molecule has 0 aromatic heterocycles. The zero-order chi connectivity index (χ0) is 9.52. The van der Waals surface area contributed by atoms with Gasteiger partial charge in [0.15, 0.2) is 0 Å². The van der Waals surface area contributed by atoms with Gasteiger partial charge in [-0.2, -0.15) is 0 Å². The van der Waals surface area contributed by atoms with Crippen LogP contribution in [0.3, 0.4) is 0 Å². The summed E-state index contributed by atoms with van der Waals surface area (Å²) < 4.78 is 5.61. The van der Waals surface area contributed by atoms with Crippen LogP contribution in [0.5, 0.6) is 0 Å². The molecule has 1 fully saturated rings. The van der Waals surface area contributed by atoms with Gasteiger partial charge in [0.25, 0.3) is 0 Å². The van der Waals surface area contributed by atoms with Crippen molar-refractivity contribution < 1.29 is 4.74 Å². The van der Waals surface area contributed by atoms with Gasteiger partial charge in [-0.3, -0.25) is 4.90 Å². The van der Waals surface area contributed by atoms with Crippen LogP contribution in [0.4, 0.5) is 0 Å². The lowest BCUT2D eigenvalue weighted by molar-refractivity contribution is -0.0298. The molecule has 0 N–H and O–H groups in total. The van der Waals surface area contributed by atoms with Gasteiger partial charge in [0.05, 0.1) is 12.7 Å². The topological polar surface area (TPSA) is 12.5 Å².